The molecule has 1 heterocycles. The number of rotatable bonds is 0. The van der Waals surface area contributed by atoms with E-state index in [9.17, 15) is 9.90 Å². The highest BCUT2D eigenvalue weighted by Crippen LogP contribution is 2.32. The van der Waals surface area contributed by atoms with Crippen LogP contribution in [-0.4, -0.2) is 17.0 Å². The molecule has 6 nitrogen and oxygen atoms in total. The SMILES string of the molecule is NC(=O)NNC1=Nc2ccccc2C1O. The number of fused-ring (bicyclic) bond motifs is 1. The summed E-state index contributed by atoms with van der Waals surface area (Å²) in [4.78, 5) is 14.5. The first-order valence-corrected chi connectivity index (χ1v) is 4.35. The molecule has 1 aliphatic heterocycles. The zero-order valence-corrected chi connectivity index (χ0v) is 7.77. The highest BCUT2D eigenvalue weighted by Gasteiger charge is 2.24. The van der Waals surface area contributed by atoms with E-state index in [2.05, 4.69) is 15.8 Å². The predicted octanol–water partition coefficient (Wildman–Crippen LogP) is -0.0635. The summed E-state index contributed by atoms with van der Waals surface area (Å²) in [5.41, 5.74) is 10.9. The molecule has 15 heavy (non-hydrogen) atoms. The highest BCUT2D eigenvalue weighted by molar-refractivity contribution is 5.95. The molecule has 1 aromatic carbocycles. The number of aliphatic hydroxyl groups is 1. The van der Waals surface area contributed by atoms with Gasteiger partial charge in [-0.25, -0.2) is 9.79 Å². The van der Waals surface area contributed by atoms with Crippen LogP contribution in [0.15, 0.2) is 29.3 Å². The molecule has 1 atom stereocenters. The summed E-state index contributed by atoms with van der Waals surface area (Å²) in [7, 11) is 0. The van der Waals surface area contributed by atoms with Crippen LogP contribution >= 0.6 is 0 Å². The van der Waals surface area contributed by atoms with Crippen LogP contribution in [0.4, 0.5) is 10.5 Å². The van der Waals surface area contributed by atoms with Crippen LogP contribution in [0.25, 0.3) is 0 Å². The van der Waals surface area contributed by atoms with E-state index in [1.54, 1.807) is 12.1 Å². The summed E-state index contributed by atoms with van der Waals surface area (Å²) in [5, 5.41) is 9.77. The third-order valence-electron chi connectivity index (χ3n) is 2.05. The lowest BCUT2D eigenvalue weighted by Gasteiger charge is -2.09. The van der Waals surface area contributed by atoms with Gasteiger partial charge in [0.25, 0.3) is 0 Å². The molecule has 5 N–H and O–H groups in total. The number of urea groups is 1. The van der Waals surface area contributed by atoms with E-state index in [1.165, 1.54) is 0 Å². The number of nitrogens with one attached hydrogen (secondary N) is 2. The molecule has 0 radical (unpaired) electrons. The Balaban J connectivity index is 2.16. The molecule has 2 amide bonds. The maximum absolute atomic E-state index is 10.4. The number of hydrazine groups is 1. The number of carbonyl (C=O) groups excluding carboxylic acids is 1. The second-order valence-corrected chi connectivity index (χ2v) is 3.07. The van der Waals surface area contributed by atoms with Crippen LogP contribution in [-0.2, 0) is 0 Å². The number of carbonyl (C=O) groups is 1. The number of primary amides is 1. The quantitative estimate of drug-likeness (QED) is 0.447. The third kappa shape index (κ3) is 1.75. The van der Waals surface area contributed by atoms with Gasteiger partial charge in [-0.05, 0) is 6.07 Å². The fraction of sp³-hybridized carbons (Fsp3) is 0.111. The molecule has 0 bridgehead atoms. The molecule has 0 fully saturated rings. The van der Waals surface area contributed by atoms with Gasteiger partial charge in [-0.15, -0.1) is 0 Å². The molecule has 0 saturated carbocycles. The average Bonchev–Trinajstić information content (AvgIpc) is 2.54. The molecule has 78 valence electrons. The molecular formula is C9H10N4O2. The van der Waals surface area contributed by atoms with Gasteiger partial charge in [0.05, 0.1) is 5.69 Å². The Bertz CT molecular complexity index is 430. The molecule has 1 aromatic rings. The summed E-state index contributed by atoms with van der Waals surface area (Å²) in [6, 6.07) is 6.43. The van der Waals surface area contributed by atoms with Crippen molar-refractivity contribution in [3.63, 3.8) is 0 Å². The Labute approximate surface area is 85.8 Å². The fourth-order valence-corrected chi connectivity index (χ4v) is 1.38. The van der Waals surface area contributed by atoms with Crippen molar-refractivity contribution in [1.82, 2.24) is 10.9 Å². The first kappa shape index (κ1) is 9.47. The molecule has 0 spiro atoms. The van der Waals surface area contributed by atoms with Crippen LogP contribution in [0.5, 0.6) is 0 Å². The van der Waals surface area contributed by atoms with E-state index in [0.29, 0.717) is 11.3 Å². The molecule has 0 saturated heterocycles. The van der Waals surface area contributed by atoms with E-state index >= 15 is 0 Å². The van der Waals surface area contributed by atoms with E-state index in [-0.39, 0.29) is 5.84 Å². The number of hydrogen-bond acceptors (Lipinski definition) is 4. The van der Waals surface area contributed by atoms with Crippen molar-refractivity contribution in [3.8, 4) is 0 Å². The summed E-state index contributed by atoms with van der Waals surface area (Å²) in [5.74, 6) is 0.259. The molecule has 0 aromatic heterocycles. The Morgan fingerprint density at radius 1 is 1.47 bits per heavy atom. The largest absolute Gasteiger partial charge is 0.380 e. The lowest BCUT2D eigenvalue weighted by Crippen LogP contribution is -2.45. The van der Waals surface area contributed by atoms with Crippen LogP contribution < -0.4 is 16.6 Å². The number of benzene rings is 1. The maximum atomic E-state index is 10.4. The number of nitrogens with zero attached hydrogens (tertiary/aromatic N) is 1. The Morgan fingerprint density at radius 3 is 2.87 bits per heavy atom. The fourth-order valence-electron chi connectivity index (χ4n) is 1.38. The molecular weight excluding hydrogens is 196 g/mol. The Hall–Kier alpha value is -2.08. The molecule has 2 rings (SSSR count). The Kier molecular flexibility index (Phi) is 2.26. The van der Waals surface area contributed by atoms with Crippen molar-refractivity contribution in [3.05, 3.63) is 29.8 Å². The number of aliphatic hydroxyl groups excluding tert-OH is 1. The number of amides is 2. The van der Waals surface area contributed by atoms with Crippen LogP contribution in [0.1, 0.15) is 11.7 Å². The van der Waals surface area contributed by atoms with Gasteiger partial charge < -0.3 is 10.8 Å². The van der Waals surface area contributed by atoms with Gasteiger partial charge in [0.1, 0.15) is 6.10 Å². The minimum Gasteiger partial charge on any atom is -0.380 e. The predicted molar refractivity (Wildman–Crippen MR) is 54.4 cm³/mol. The van der Waals surface area contributed by atoms with Crippen molar-refractivity contribution in [2.75, 3.05) is 0 Å². The molecule has 6 heteroatoms. The van der Waals surface area contributed by atoms with Crippen molar-refractivity contribution in [1.29, 1.82) is 0 Å². The summed E-state index contributed by atoms with van der Waals surface area (Å²) >= 11 is 0. The highest BCUT2D eigenvalue weighted by atomic mass is 16.3. The maximum Gasteiger partial charge on any atom is 0.330 e. The average molecular weight is 206 g/mol. The van der Waals surface area contributed by atoms with E-state index < -0.39 is 12.1 Å². The van der Waals surface area contributed by atoms with Gasteiger partial charge in [-0.1, -0.05) is 18.2 Å². The number of nitrogens with two attached hydrogens (primary N) is 1. The van der Waals surface area contributed by atoms with Crippen LogP contribution in [0.2, 0.25) is 0 Å². The monoisotopic (exact) mass is 206 g/mol. The van der Waals surface area contributed by atoms with Gasteiger partial charge in [-0.2, -0.15) is 0 Å². The lowest BCUT2D eigenvalue weighted by molar-refractivity contribution is 0.238. The number of hydrogen-bond donors (Lipinski definition) is 4. The van der Waals surface area contributed by atoms with Gasteiger partial charge in [0.2, 0.25) is 0 Å². The zero-order chi connectivity index (χ0) is 10.8. The van der Waals surface area contributed by atoms with E-state index in [1.807, 2.05) is 12.1 Å². The first-order chi connectivity index (χ1) is 7.18. The second-order valence-electron chi connectivity index (χ2n) is 3.07. The van der Waals surface area contributed by atoms with Crippen molar-refractivity contribution in [2.45, 2.75) is 6.10 Å². The minimum atomic E-state index is -0.854. The normalized spacial score (nSPS) is 17.9. The lowest BCUT2D eigenvalue weighted by atomic mass is 10.1. The topological polar surface area (TPSA) is 99.7 Å². The van der Waals surface area contributed by atoms with Crippen LogP contribution in [0, 0.1) is 0 Å². The zero-order valence-electron chi connectivity index (χ0n) is 7.77. The van der Waals surface area contributed by atoms with Crippen molar-refractivity contribution >= 4 is 17.6 Å². The van der Waals surface area contributed by atoms with Gasteiger partial charge in [-0.3, -0.25) is 10.9 Å². The standard InChI is InChI=1S/C9H10N4O2/c10-9(15)13-12-8-7(14)5-3-1-2-4-6(5)11-8/h1-4,7,14H,(H,11,12)(H3,10,13,15). The van der Waals surface area contributed by atoms with Crippen LogP contribution in [0.3, 0.4) is 0 Å². The van der Waals surface area contributed by atoms with Gasteiger partial charge in [0, 0.05) is 5.56 Å². The number of para-hydroxylation sites is 1. The van der Waals surface area contributed by atoms with Crippen molar-refractivity contribution in [2.24, 2.45) is 10.7 Å². The number of aliphatic imine (C=N–C) groups is 1. The van der Waals surface area contributed by atoms with E-state index in [0.717, 1.165) is 0 Å². The van der Waals surface area contributed by atoms with E-state index in [4.69, 9.17) is 5.73 Å². The van der Waals surface area contributed by atoms with Gasteiger partial charge >= 0.3 is 6.03 Å². The molecule has 1 unspecified atom stereocenters. The Morgan fingerprint density at radius 2 is 2.20 bits per heavy atom. The summed E-state index contributed by atoms with van der Waals surface area (Å²) in [6.45, 7) is 0. The third-order valence-corrected chi connectivity index (χ3v) is 2.05. The minimum absolute atomic E-state index is 0.259. The first-order valence-electron chi connectivity index (χ1n) is 4.35. The summed E-state index contributed by atoms with van der Waals surface area (Å²) in [6.07, 6.45) is -0.854. The number of amidine groups is 1. The van der Waals surface area contributed by atoms with Crippen molar-refractivity contribution < 1.29 is 9.90 Å². The second kappa shape index (κ2) is 3.58. The summed E-state index contributed by atoms with van der Waals surface area (Å²) < 4.78 is 0. The molecule has 0 aliphatic carbocycles. The smallest absolute Gasteiger partial charge is 0.330 e. The van der Waals surface area contributed by atoms with Gasteiger partial charge in [0.15, 0.2) is 5.84 Å². The molecule has 1 aliphatic rings.